The third kappa shape index (κ3) is 4.35. The molecular formula is C18H22N2O. The molecule has 0 bridgehead atoms. The van der Waals surface area contributed by atoms with Crippen LogP contribution in [0.1, 0.15) is 31.9 Å². The number of nitrogens with one attached hydrogen (secondary N) is 1. The molecule has 0 unspecified atom stereocenters. The van der Waals surface area contributed by atoms with Gasteiger partial charge in [0.15, 0.2) is 0 Å². The first-order chi connectivity index (χ1) is 9.84. The van der Waals surface area contributed by atoms with Gasteiger partial charge in [0.2, 0.25) is 5.91 Å². The second-order valence-electron chi connectivity index (χ2n) is 6.30. The fourth-order valence-electron chi connectivity index (χ4n) is 2.15. The number of carbonyl (C=O) groups is 1. The summed E-state index contributed by atoms with van der Waals surface area (Å²) in [5.74, 6) is -0.0379. The van der Waals surface area contributed by atoms with Crippen molar-refractivity contribution >= 4 is 17.3 Å². The number of amides is 1. The molecule has 2 rings (SSSR count). The maximum absolute atomic E-state index is 12.0. The van der Waals surface area contributed by atoms with Gasteiger partial charge in [-0.2, -0.15) is 0 Å². The normalized spacial score (nSPS) is 11.2. The molecular weight excluding hydrogens is 260 g/mol. The molecule has 0 saturated heterocycles. The van der Waals surface area contributed by atoms with Crippen LogP contribution in [0.2, 0.25) is 0 Å². The van der Waals surface area contributed by atoms with Gasteiger partial charge in [-0.25, -0.2) is 0 Å². The van der Waals surface area contributed by atoms with E-state index in [1.807, 2.05) is 36.4 Å². The predicted molar refractivity (Wildman–Crippen MR) is 88.3 cm³/mol. The third-order valence-corrected chi connectivity index (χ3v) is 3.35. The lowest BCUT2D eigenvalue weighted by Crippen LogP contribution is -2.15. The Hall–Kier alpha value is -2.29. The number of hydrogen-bond acceptors (Lipinski definition) is 2. The highest BCUT2D eigenvalue weighted by atomic mass is 16.1. The van der Waals surface area contributed by atoms with Gasteiger partial charge in [-0.3, -0.25) is 4.79 Å². The van der Waals surface area contributed by atoms with Crippen molar-refractivity contribution in [3.63, 3.8) is 0 Å². The zero-order valence-electron chi connectivity index (χ0n) is 12.8. The van der Waals surface area contributed by atoms with Crippen LogP contribution < -0.4 is 11.1 Å². The largest absolute Gasteiger partial charge is 0.399 e. The molecule has 2 aromatic rings. The summed E-state index contributed by atoms with van der Waals surface area (Å²) in [5.41, 5.74) is 9.48. The zero-order valence-corrected chi connectivity index (χ0v) is 12.8. The number of carbonyl (C=O) groups excluding carboxylic acids is 1. The smallest absolute Gasteiger partial charge is 0.228 e. The summed E-state index contributed by atoms with van der Waals surface area (Å²) in [5, 5.41) is 2.91. The van der Waals surface area contributed by atoms with Crippen molar-refractivity contribution in [1.82, 2.24) is 0 Å². The van der Waals surface area contributed by atoms with Crippen molar-refractivity contribution in [3.8, 4) is 0 Å². The minimum atomic E-state index is -0.0379. The SMILES string of the molecule is CC(C)(C)c1ccc(NC(=O)Cc2cccc(N)c2)cc1. The van der Waals surface area contributed by atoms with Gasteiger partial charge in [-0.1, -0.05) is 45.0 Å². The van der Waals surface area contributed by atoms with E-state index in [4.69, 9.17) is 5.73 Å². The molecule has 0 spiro atoms. The standard InChI is InChI=1S/C18H22N2O/c1-18(2,3)14-7-9-16(10-8-14)20-17(21)12-13-5-4-6-15(19)11-13/h4-11H,12,19H2,1-3H3,(H,20,21). The zero-order chi connectivity index (χ0) is 15.5. The average molecular weight is 282 g/mol. The molecule has 1 amide bonds. The summed E-state index contributed by atoms with van der Waals surface area (Å²) in [6.07, 6.45) is 0.325. The number of benzene rings is 2. The van der Waals surface area contributed by atoms with Crippen molar-refractivity contribution in [1.29, 1.82) is 0 Å². The predicted octanol–water partition coefficient (Wildman–Crippen LogP) is 3.75. The molecule has 21 heavy (non-hydrogen) atoms. The molecule has 0 aromatic heterocycles. The van der Waals surface area contributed by atoms with Crippen molar-refractivity contribution < 1.29 is 4.79 Å². The first-order valence-corrected chi connectivity index (χ1v) is 7.09. The highest BCUT2D eigenvalue weighted by Gasteiger charge is 2.13. The van der Waals surface area contributed by atoms with E-state index in [-0.39, 0.29) is 11.3 Å². The average Bonchev–Trinajstić information content (AvgIpc) is 2.38. The molecule has 3 N–H and O–H groups in total. The van der Waals surface area contributed by atoms with E-state index in [0.717, 1.165) is 11.3 Å². The van der Waals surface area contributed by atoms with Gasteiger partial charge in [0, 0.05) is 11.4 Å². The Kier molecular flexibility index (Phi) is 4.32. The van der Waals surface area contributed by atoms with Crippen molar-refractivity contribution in [2.75, 3.05) is 11.1 Å². The Labute approximate surface area is 126 Å². The first-order valence-electron chi connectivity index (χ1n) is 7.09. The molecule has 0 aliphatic rings. The van der Waals surface area contributed by atoms with Crippen LogP contribution in [0.4, 0.5) is 11.4 Å². The van der Waals surface area contributed by atoms with Crippen molar-refractivity contribution in [2.24, 2.45) is 0 Å². The van der Waals surface area contributed by atoms with Crippen LogP contribution in [0.3, 0.4) is 0 Å². The molecule has 0 aliphatic carbocycles. The summed E-state index contributed by atoms with van der Waals surface area (Å²) in [7, 11) is 0. The highest BCUT2D eigenvalue weighted by Crippen LogP contribution is 2.23. The fourth-order valence-corrected chi connectivity index (χ4v) is 2.15. The summed E-state index contributed by atoms with van der Waals surface area (Å²) in [6, 6.07) is 15.4. The van der Waals surface area contributed by atoms with E-state index in [9.17, 15) is 4.79 Å². The minimum absolute atomic E-state index is 0.0379. The second kappa shape index (κ2) is 6.00. The second-order valence-corrected chi connectivity index (χ2v) is 6.30. The Morgan fingerprint density at radius 1 is 1.10 bits per heavy atom. The lowest BCUT2D eigenvalue weighted by molar-refractivity contribution is -0.115. The van der Waals surface area contributed by atoms with Gasteiger partial charge in [-0.05, 0) is 40.8 Å². The van der Waals surface area contributed by atoms with Crippen molar-refractivity contribution in [3.05, 3.63) is 59.7 Å². The minimum Gasteiger partial charge on any atom is -0.399 e. The van der Waals surface area contributed by atoms with Crippen LogP contribution in [0.5, 0.6) is 0 Å². The van der Waals surface area contributed by atoms with Gasteiger partial charge in [0.05, 0.1) is 6.42 Å². The molecule has 0 atom stereocenters. The van der Waals surface area contributed by atoms with Crippen LogP contribution in [-0.4, -0.2) is 5.91 Å². The molecule has 0 fully saturated rings. The maximum atomic E-state index is 12.0. The summed E-state index contributed by atoms with van der Waals surface area (Å²) >= 11 is 0. The van der Waals surface area contributed by atoms with E-state index in [1.165, 1.54) is 5.56 Å². The summed E-state index contributed by atoms with van der Waals surface area (Å²) in [6.45, 7) is 6.50. The maximum Gasteiger partial charge on any atom is 0.228 e. The van der Waals surface area contributed by atoms with Gasteiger partial charge in [0.1, 0.15) is 0 Å². The number of hydrogen-bond donors (Lipinski definition) is 2. The summed E-state index contributed by atoms with van der Waals surface area (Å²) in [4.78, 5) is 12.0. The number of rotatable bonds is 3. The fraction of sp³-hybridized carbons (Fsp3) is 0.278. The van der Waals surface area contributed by atoms with Gasteiger partial charge < -0.3 is 11.1 Å². The van der Waals surface area contributed by atoms with Crippen LogP contribution in [0, 0.1) is 0 Å². The molecule has 2 aromatic carbocycles. The van der Waals surface area contributed by atoms with Crippen LogP contribution >= 0.6 is 0 Å². The number of nitrogens with two attached hydrogens (primary N) is 1. The van der Waals surface area contributed by atoms with Gasteiger partial charge in [-0.15, -0.1) is 0 Å². The van der Waals surface area contributed by atoms with Gasteiger partial charge >= 0.3 is 0 Å². The lowest BCUT2D eigenvalue weighted by Gasteiger charge is -2.19. The van der Waals surface area contributed by atoms with Crippen LogP contribution in [0.15, 0.2) is 48.5 Å². The van der Waals surface area contributed by atoms with E-state index in [1.54, 1.807) is 0 Å². The first kappa shape index (κ1) is 15.1. The molecule has 0 radical (unpaired) electrons. The molecule has 0 aliphatic heterocycles. The molecule has 0 heterocycles. The van der Waals surface area contributed by atoms with E-state index in [0.29, 0.717) is 12.1 Å². The van der Waals surface area contributed by atoms with Crippen molar-refractivity contribution in [2.45, 2.75) is 32.6 Å². The quantitative estimate of drug-likeness (QED) is 0.842. The molecule has 3 heteroatoms. The monoisotopic (exact) mass is 282 g/mol. The molecule has 0 saturated carbocycles. The number of nitrogen functional groups attached to an aromatic ring is 1. The van der Waals surface area contributed by atoms with E-state index in [2.05, 4.69) is 38.2 Å². The van der Waals surface area contributed by atoms with E-state index < -0.39 is 0 Å². The van der Waals surface area contributed by atoms with Gasteiger partial charge in [0.25, 0.3) is 0 Å². The highest BCUT2D eigenvalue weighted by molar-refractivity contribution is 5.92. The van der Waals surface area contributed by atoms with Crippen LogP contribution in [-0.2, 0) is 16.6 Å². The summed E-state index contributed by atoms with van der Waals surface area (Å²) < 4.78 is 0. The topological polar surface area (TPSA) is 55.1 Å². The van der Waals surface area contributed by atoms with E-state index >= 15 is 0 Å². The lowest BCUT2D eigenvalue weighted by atomic mass is 9.87. The molecule has 3 nitrogen and oxygen atoms in total. The Morgan fingerprint density at radius 3 is 2.33 bits per heavy atom. The molecule has 110 valence electrons. The van der Waals surface area contributed by atoms with Crippen LogP contribution in [0.25, 0.3) is 0 Å². The Bertz CT molecular complexity index is 624. The number of anilines is 2. The Morgan fingerprint density at radius 2 is 1.76 bits per heavy atom. The third-order valence-electron chi connectivity index (χ3n) is 3.35. The Balaban J connectivity index is 2.00.